The number of aliphatic hydroxyl groups is 1. The maximum Gasteiger partial charge on any atom is 0.123 e. The number of halogens is 1. The summed E-state index contributed by atoms with van der Waals surface area (Å²) >= 11 is 0. The molecule has 3 heteroatoms. The quantitative estimate of drug-likeness (QED) is 0.854. The van der Waals surface area contributed by atoms with Crippen molar-refractivity contribution < 1.29 is 9.50 Å². The number of hydrogen-bond donors (Lipinski definition) is 1. The molecule has 106 valence electrons. The van der Waals surface area contributed by atoms with Crippen molar-refractivity contribution in [3.63, 3.8) is 0 Å². The maximum absolute atomic E-state index is 13.1. The normalized spacial score (nSPS) is 18.1. The van der Waals surface area contributed by atoms with E-state index in [1.807, 2.05) is 13.1 Å². The van der Waals surface area contributed by atoms with Gasteiger partial charge in [0.25, 0.3) is 0 Å². The highest BCUT2D eigenvalue weighted by atomic mass is 19.1. The molecule has 1 unspecified atom stereocenters. The third-order valence-electron chi connectivity index (χ3n) is 3.94. The van der Waals surface area contributed by atoms with E-state index in [9.17, 15) is 9.50 Å². The van der Waals surface area contributed by atoms with Gasteiger partial charge in [-0.25, -0.2) is 4.39 Å². The molecule has 1 N–H and O–H groups in total. The highest BCUT2D eigenvalue weighted by molar-refractivity contribution is 5.16. The molecule has 1 aromatic carbocycles. The predicted molar refractivity (Wildman–Crippen MR) is 75.3 cm³/mol. The van der Waals surface area contributed by atoms with E-state index in [4.69, 9.17) is 0 Å². The van der Waals surface area contributed by atoms with E-state index >= 15 is 0 Å². The number of nitrogens with zero attached hydrogens (tertiary/aromatic N) is 1. The van der Waals surface area contributed by atoms with Crippen molar-refractivity contribution in [3.8, 4) is 0 Å². The topological polar surface area (TPSA) is 23.5 Å². The molecule has 1 aliphatic carbocycles. The number of likely N-dealkylation sites (N-methyl/N-ethyl adjacent to an activating group) is 1. The SMILES string of the molecule is CN(Cc1cccc(F)c1)CC(O)CC1CCCC1. The van der Waals surface area contributed by atoms with Gasteiger partial charge in [0.05, 0.1) is 6.10 Å². The van der Waals surface area contributed by atoms with Crippen molar-refractivity contribution in [1.82, 2.24) is 4.90 Å². The minimum atomic E-state index is -0.262. The van der Waals surface area contributed by atoms with E-state index in [0.717, 1.165) is 12.0 Å². The van der Waals surface area contributed by atoms with E-state index in [1.165, 1.54) is 31.7 Å². The van der Waals surface area contributed by atoms with Crippen LogP contribution in [0.15, 0.2) is 24.3 Å². The van der Waals surface area contributed by atoms with Gasteiger partial charge in [0, 0.05) is 13.1 Å². The Bertz CT molecular complexity index is 390. The second kappa shape index (κ2) is 7.01. The van der Waals surface area contributed by atoms with Gasteiger partial charge in [-0.05, 0) is 37.1 Å². The van der Waals surface area contributed by atoms with Crippen LogP contribution in [0.2, 0.25) is 0 Å². The summed E-state index contributed by atoms with van der Waals surface area (Å²) in [4.78, 5) is 2.06. The van der Waals surface area contributed by atoms with Crippen molar-refractivity contribution in [3.05, 3.63) is 35.6 Å². The molecule has 1 atom stereocenters. The van der Waals surface area contributed by atoms with E-state index in [-0.39, 0.29) is 11.9 Å². The summed E-state index contributed by atoms with van der Waals surface area (Å²) in [7, 11) is 1.97. The molecule has 0 amide bonds. The van der Waals surface area contributed by atoms with Gasteiger partial charge in [-0.2, -0.15) is 0 Å². The van der Waals surface area contributed by atoms with E-state index in [1.54, 1.807) is 12.1 Å². The predicted octanol–water partition coefficient (Wildman–Crippen LogP) is 3.20. The molecule has 1 fully saturated rings. The minimum absolute atomic E-state index is 0.197. The summed E-state index contributed by atoms with van der Waals surface area (Å²) in [5, 5.41) is 10.1. The zero-order valence-corrected chi connectivity index (χ0v) is 11.7. The van der Waals surface area contributed by atoms with Gasteiger partial charge < -0.3 is 5.11 Å². The summed E-state index contributed by atoms with van der Waals surface area (Å²) in [6.45, 7) is 1.34. The standard InChI is InChI=1S/C16H24FNO/c1-18(11-14-7-4-8-15(17)9-14)12-16(19)10-13-5-2-3-6-13/h4,7-9,13,16,19H,2-3,5-6,10-12H2,1H3. The summed E-state index contributed by atoms with van der Waals surface area (Å²) < 4.78 is 13.1. The second-order valence-corrected chi connectivity index (χ2v) is 5.87. The van der Waals surface area contributed by atoms with E-state index < -0.39 is 0 Å². The maximum atomic E-state index is 13.1. The number of hydrogen-bond acceptors (Lipinski definition) is 2. The van der Waals surface area contributed by atoms with Crippen LogP contribution in [0.1, 0.15) is 37.7 Å². The Hall–Kier alpha value is -0.930. The zero-order valence-electron chi connectivity index (χ0n) is 11.7. The number of benzene rings is 1. The van der Waals surface area contributed by atoms with Gasteiger partial charge in [0.2, 0.25) is 0 Å². The van der Waals surface area contributed by atoms with Crippen molar-refractivity contribution in [1.29, 1.82) is 0 Å². The van der Waals surface area contributed by atoms with Gasteiger partial charge in [-0.15, -0.1) is 0 Å². The first-order chi connectivity index (χ1) is 9.13. The molecule has 1 aromatic rings. The van der Waals surface area contributed by atoms with Crippen molar-refractivity contribution in [2.45, 2.75) is 44.8 Å². The molecule has 0 spiro atoms. The third kappa shape index (κ3) is 4.92. The third-order valence-corrected chi connectivity index (χ3v) is 3.94. The lowest BCUT2D eigenvalue weighted by Crippen LogP contribution is -2.30. The van der Waals surface area contributed by atoms with Gasteiger partial charge in [0.15, 0.2) is 0 Å². The van der Waals surface area contributed by atoms with Gasteiger partial charge >= 0.3 is 0 Å². The zero-order chi connectivity index (χ0) is 13.7. The summed E-state index contributed by atoms with van der Waals surface area (Å²) in [6, 6.07) is 6.66. The Kier molecular flexibility index (Phi) is 5.34. The molecule has 0 heterocycles. The van der Waals surface area contributed by atoms with E-state index in [0.29, 0.717) is 19.0 Å². The number of aliphatic hydroxyl groups excluding tert-OH is 1. The molecule has 0 aromatic heterocycles. The molecule has 19 heavy (non-hydrogen) atoms. The lowest BCUT2D eigenvalue weighted by molar-refractivity contribution is 0.0994. The smallest absolute Gasteiger partial charge is 0.123 e. The largest absolute Gasteiger partial charge is 0.392 e. The van der Waals surface area contributed by atoms with Crippen LogP contribution in [0.5, 0.6) is 0 Å². The Balaban J connectivity index is 1.75. The summed E-state index contributed by atoms with van der Waals surface area (Å²) in [5.74, 6) is 0.509. The van der Waals surface area contributed by atoms with Crippen LogP contribution in [0.3, 0.4) is 0 Å². The first-order valence-electron chi connectivity index (χ1n) is 7.24. The van der Waals surface area contributed by atoms with Crippen molar-refractivity contribution in [2.75, 3.05) is 13.6 Å². The first-order valence-corrected chi connectivity index (χ1v) is 7.24. The lowest BCUT2D eigenvalue weighted by Gasteiger charge is -2.22. The van der Waals surface area contributed by atoms with Gasteiger partial charge in [0.1, 0.15) is 5.82 Å². The summed E-state index contributed by atoms with van der Waals surface area (Å²) in [5.41, 5.74) is 0.954. The Morgan fingerprint density at radius 3 is 2.79 bits per heavy atom. The molecular formula is C16H24FNO. The van der Waals surface area contributed by atoms with Crippen LogP contribution in [0.25, 0.3) is 0 Å². The molecule has 0 radical (unpaired) electrons. The van der Waals surface area contributed by atoms with E-state index in [2.05, 4.69) is 4.90 Å². The Morgan fingerprint density at radius 2 is 2.11 bits per heavy atom. The Morgan fingerprint density at radius 1 is 1.37 bits per heavy atom. The molecular weight excluding hydrogens is 241 g/mol. The molecule has 0 bridgehead atoms. The van der Waals surface area contributed by atoms with Crippen molar-refractivity contribution in [2.24, 2.45) is 5.92 Å². The van der Waals surface area contributed by atoms with Gasteiger partial charge in [-0.3, -0.25) is 4.90 Å². The van der Waals surface area contributed by atoms with Crippen LogP contribution in [0.4, 0.5) is 4.39 Å². The van der Waals surface area contributed by atoms with Crippen LogP contribution in [-0.4, -0.2) is 29.7 Å². The van der Waals surface area contributed by atoms with Crippen LogP contribution >= 0.6 is 0 Å². The van der Waals surface area contributed by atoms with Crippen molar-refractivity contribution >= 4 is 0 Å². The Labute approximate surface area is 115 Å². The fourth-order valence-electron chi connectivity index (χ4n) is 3.08. The lowest BCUT2D eigenvalue weighted by atomic mass is 10.00. The van der Waals surface area contributed by atoms with Crippen LogP contribution in [-0.2, 0) is 6.54 Å². The molecule has 1 saturated carbocycles. The number of rotatable bonds is 6. The fraction of sp³-hybridized carbons (Fsp3) is 0.625. The van der Waals surface area contributed by atoms with Crippen LogP contribution in [0, 0.1) is 11.7 Å². The monoisotopic (exact) mass is 265 g/mol. The second-order valence-electron chi connectivity index (χ2n) is 5.87. The highest BCUT2D eigenvalue weighted by Gasteiger charge is 2.19. The minimum Gasteiger partial charge on any atom is -0.392 e. The fourth-order valence-corrected chi connectivity index (χ4v) is 3.08. The molecule has 0 aliphatic heterocycles. The van der Waals surface area contributed by atoms with Crippen LogP contribution < -0.4 is 0 Å². The molecule has 2 rings (SSSR count). The molecule has 0 saturated heterocycles. The highest BCUT2D eigenvalue weighted by Crippen LogP contribution is 2.28. The average molecular weight is 265 g/mol. The molecule has 1 aliphatic rings. The average Bonchev–Trinajstić information content (AvgIpc) is 2.81. The first kappa shape index (κ1) is 14.5. The summed E-state index contributed by atoms with van der Waals surface area (Å²) in [6.07, 6.45) is 5.82. The van der Waals surface area contributed by atoms with Gasteiger partial charge in [-0.1, -0.05) is 37.8 Å². The molecule has 2 nitrogen and oxygen atoms in total.